The van der Waals surface area contributed by atoms with Gasteiger partial charge in [0.15, 0.2) is 5.84 Å². The average molecular weight is 388 g/mol. The van der Waals surface area contributed by atoms with E-state index in [-0.39, 0.29) is 5.82 Å². The molecule has 3 aromatic rings. The third-order valence-corrected chi connectivity index (χ3v) is 4.06. The van der Waals surface area contributed by atoms with Crippen molar-refractivity contribution in [3.8, 4) is 11.4 Å². The molecule has 10 heteroatoms. The molecule has 0 spiro atoms. The van der Waals surface area contributed by atoms with Gasteiger partial charge in [0.05, 0.1) is 6.54 Å². The molecule has 144 valence electrons. The molecule has 0 amide bonds. The molecule has 0 unspecified atom stereocenters. The van der Waals surface area contributed by atoms with E-state index in [1.54, 1.807) is 29.4 Å². The third-order valence-electron chi connectivity index (χ3n) is 4.06. The van der Waals surface area contributed by atoms with E-state index in [0.29, 0.717) is 17.9 Å². The molecule has 0 bridgehead atoms. The van der Waals surface area contributed by atoms with Crippen molar-refractivity contribution in [3.63, 3.8) is 0 Å². The first-order valence-corrected chi connectivity index (χ1v) is 8.33. The maximum absolute atomic E-state index is 12.6. The number of hydrogen-bond donors (Lipinski definition) is 2. The molecule has 2 heterocycles. The van der Waals surface area contributed by atoms with Gasteiger partial charge in [-0.25, -0.2) is 5.12 Å². The first kappa shape index (κ1) is 18.0. The minimum atomic E-state index is -4.66. The van der Waals surface area contributed by atoms with Crippen LogP contribution in [0.1, 0.15) is 22.6 Å². The summed E-state index contributed by atoms with van der Waals surface area (Å²) >= 11 is 0. The summed E-state index contributed by atoms with van der Waals surface area (Å²) in [5.74, 6) is -0.778. The van der Waals surface area contributed by atoms with Crippen LogP contribution in [-0.4, -0.2) is 21.1 Å². The molecule has 0 atom stereocenters. The number of hydrogen-bond acceptors (Lipinski definition) is 7. The van der Waals surface area contributed by atoms with Crippen LogP contribution in [0.3, 0.4) is 0 Å². The van der Waals surface area contributed by atoms with Gasteiger partial charge < -0.3 is 4.52 Å². The van der Waals surface area contributed by atoms with Crippen LogP contribution >= 0.6 is 0 Å². The van der Waals surface area contributed by atoms with Crippen molar-refractivity contribution in [3.05, 3.63) is 71.1 Å². The van der Waals surface area contributed by atoms with Crippen LogP contribution in [0.4, 0.5) is 13.2 Å². The van der Waals surface area contributed by atoms with Gasteiger partial charge in [0, 0.05) is 11.1 Å². The Hall–Kier alpha value is -3.40. The van der Waals surface area contributed by atoms with E-state index in [4.69, 9.17) is 0 Å². The van der Waals surface area contributed by atoms with E-state index >= 15 is 0 Å². The lowest BCUT2D eigenvalue weighted by Crippen LogP contribution is -2.38. The number of halogens is 3. The third kappa shape index (κ3) is 3.81. The molecule has 7 nitrogen and oxygen atoms in total. The van der Waals surface area contributed by atoms with Gasteiger partial charge in [-0.1, -0.05) is 59.3 Å². The summed E-state index contributed by atoms with van der Waals surface area (Å²) in [5.41, 5.74) is 9.39. The number of rotatable bonds is 4. The van der Waals surface area contributed by atoms with Gasteiger partial charge in [-0.2, -0.15) is 18.2 Å². The number of benzene rings is 2. The molecule has 1 aromatic heterocycles. The lowest BCUT2D eigenvalue weighted by atomic mass is 10.1. The summed E-state index contributed by atoms with van der Waals surface area (Å²) in [5, 5.41) is 9.46. The van der Waals surface area contributed by atoms with Crippen LogP contribution in [0, 0.1) is 6.92 Å². The van der Waals surface area contributed by atoms with E-state index in [9.17, 15) is 13.2 Å². The number of nitrogens with zero attached hydrogens (tertiary/aromatic N) is 4. The van der Waals surface area contributed by atoms with Crippen molar-refractivity contribution in [2.75, 3.05) is 0 Å². The van der Waals surface area contributed by atoms with E-state index in [2.05, 4.69) is 30.7 Å². The molecule has 1 aliphatic rings. The van der Waals surface area contributed by atoms with E-state index in [0.717, 1.165) is 16.7 Å². The summed E-state index contributed by atoms with van der Waals surface area (Å²) in [6, 6.07) is 14.7. The zero-order valence-electron chi connectivity index (χ0n) is 14.7. The Morgan fingerprint density at radius 3 is 2.32 bits per heavy atom. The van der Waals surface area contributed by atoms with Crippen LogP contribution in [-0.2, 0) is 12.7 Å². The van der Waals surface area contributed by atoms with Gasteiger partial charge in [0.2, 0.25) is 5.82 Å². The topological polar surface area (TPSA) is 78.6 Å². The van der Waals surface area contributed by atoms with E-state index in [1.807, 2.05) is 31.2 Å². The highest BCUT2D eigenvalue weighted by Crippen LogP contribution is 2.29. The molecule has 0 saturated heterocycles. The van der Waals surface area contributed by atoms with Crippen LogP contribution in [0.15, 0.2) is 58.2 Å². The second-order valence-corrected chi connectivity index (χ2v) is 6.23. The quantitative estimate of drug-likeness (QED) is 0.714. The second-order valence-electron chi connectivity index (χ2n) is 6.23. The summed E-state index contributed by atoms with van der Waals surface area (Å²) < 4.78 is 41.9. The van der Waals surface area contributed by atoms with Gasteiger partial charge in [0.1, 0.15) is 0 Å². The predicted molar refractivity (Wildman–Crippen MR) is 94.3 cm³/mol. The number of alkyl halides is 3. The van der Waals surface area contributed by atoms with Crippen LogP contribution in [0.2, 0.25) is 0 Å². The fourth-order valence-electron chi connectivity index (χ4n) is 2.59. The number of hydrazone groups is 1. The smallest absolute Gasteiger partial charge is 0.329 e. The molecular formula is C18H15F3N6O. The molecular weight excluding hydrogens is 373 g/mol. The van der Waals surface area contributed by atoms with E-state index in [1.165, 1.54) is 0 Å². The molecule has 0 radical (unpaired) electrons. The lowest BCUT2D eigenvalue weighted by molar-refractivity contribution is -0.159. The largest absolute Gasteiger partial charge is 0.471 e. The summed E-state index contributed by atoms with van der Waals surface area (Å²) in [7, 11) is 0. The Bertz CT molecular complexity index is 995. The number of nitrogens with one attached hydrogen (secondary N) is 2. The minimum absolute atomic E-state index is 0.112. The normalized spacial score (nSPS) is 14.1. The average Bonchev–Trinajstić information content (AvgIpc) is 3.33. The van der Waals surface area contributed by atoms with Crippen molar-refractivity contribution < 1.29 is 17.7 Å². The van der Waals surface area contributed by atoms with Crippen molar-refractivity contribution in [1.82, 2.24) is 26.2 Å². The van der Waals surface area contributed by atoms with Gasteiger partial charge in [-0.3, -0.25) is 5.43 Å². The van der Waals surface area contributed by atoms with Gasteiger partial charge in [0.25, 0.3) is 0 Å². The van der Waals surface area contributed by atoms with Crippen molar-refractivity contribution >= 4 is 5.84 Å². The number of aromatic nitrogens is 2. The molecule has 1 aliphatic heterocycles. The molecule has 4 rings (SSSR count). The SMILES string of the molecule is Cc1ccc(C2=NN(Cc3ccc(-c4noc(C(F)(F)F)n4)cc3)NN2)cc1. The molecule has 2 aromatic carbocycles. The Morgan fingerprint density at radius 2 is 1.68 bits per heavy atom. The van der Waals surface area contributed by atoms with Crippen LogP contribution < -0.4 is 11.0 Å². The zero-order valence-corrected chi connectivity index (χ0v) is 14.7. The first-order valence-electron chi connectivity index (χ1n) is 8.33. The summed E-state index contributed by atoms with van der Waals surface area (Å²) in [6.07, 6.45) is -4.66. The second kappa shape index (κ2) is 6.97. The molecule has 0 aliphatic carbocycles. The summed E-state index contributed by atoms with van der Waals surface area (Å²) in [6.45, 7) is 2.46. The fourth-order valence-corrected chi connectivity index (χ4v) is 2.59. The highest BCUT2D eigenvalue weighted by atomic mass is 19.4. The molecule has 28 heavy (non-hydrogen) atoms. The number of hydrazine groups is 2. The maximum atomic E-state index is 12.6. The Balaban J connectivity index is 1.44. The number of amidine groups is 1. The highest BCUT2D eigenvalue weighted by Gasteiger charge is 2.38. The van der Waals surface area contributed by atoms with Gasteiger partial charge in [-0.05, 0) is 12.5 Å². The van der Waals surface area contributed by atoms with E-state index < -0.39 is 12.1 Å². The molecule has 2 N–H and O–H groups in total. The minimum Gasteiger partial charge on any atom is -0.329 e. The predicted octanol–water partition coefficient (Wildman–Crippen LogP) is 3.25. The molecule has 0 saturated carbocycles. The van der Waals surface area contributed by atoms with Gasteiger partial charge >= 0.3 is 12.1 Å². The highest BCUT2D eigenvalue weighted by molar-refractivity contribution is 5.98. The van der Waals surface area contributed by atoms with Crippen LogP contribution in [0.5, 0.6) is 0 Å². The molecule has 0 fully saturated rings. The Kier molecular flexibility index (Phi) is 4.47. The van der Waals surface area contributed by atoms with Crippen LogP contribution in [0.25, 0.3) is 11.4 Å². The lowest BCUT2D eigenvalue weighted by Gasteiger charge is -2.12. The summed E-state index contributed by atoms with van der Waals surface area (Å²) in [4.78, 5) is 3.38. The number of aryl methyl sites for hydroxylation is 1. The Morgan fingerprint density at radius 1 is 1.00 bits per heavy atom. The zero-order chi connectivity index (χ0) is 19.7. The van der Waals surface area contributed by atoms with Gasteiger partial charge in [-0.15, -0.1) is 10.6 Å². The van der Waals surface area contributed by atoms with Crippen molar-refractivity contribution in [2.24, 2.45) is 5.10 Å². The fraction of sp³-hybridized carbons (Fsp3) is 0.167. The Labute approximate surface area is 157 Å². The van der Waals surface area contributed by atoms with Crippen molar-refractivity contribution in [1.29, 1.82) is 0 Å². The first-order chi connectivity index (χ1) is 13.4. The standard InChI is InChI=1S/C18H15F3N6O/c1-11-2-6-14(7-3-11)16-23-26-27(24-16)10-12-4-8-13(9-5-12)15-22-17(28-25-15)18(19,20)21/h2-9,26H,10H2,1H3,(H,23,24). The van der Waals surface area contributed by atoms with Crippen molar-refractivity contribution in [2.45, 2.75) is 19.6 Å². The maximum Gasteiger partial charge on any atom is 0.471 e. The monoisotopic (exact) mass is 388 g/mol.